The summed E-state index contributed by atoms with van der Waals surface area (Å²) in [4.78, 5) is 12.7. The van der Waals surface area contributed by atoms with E-state index in [1.165, 1.54) is 0 Å². The molecule has 1 aliphatic rings. The molecule has 1 fully saturated rings. The smallest absolute Gasteiger partial charge is 0.160 e. The van der Waals surface area contributed by atoms with Crippen LogP contribution in [0.1, 0.15) is 13.8 Å². The Labute approximate surface area is 166 Å². The molecule has 2 aromatic carbocycles. The largest absolute Gasteiger partial charge is 0.369 e. The fourth-order valence-corrected chi connectivity index (χ4v) is 4.00. The van der Waals surface area contributed by atoms with Crippen LogP contribution in [0.4, 0.5) is 14.5 Å². The van der Waals surface area contributed by atoms with Gasteiger partial charge < -0.3 is 9.88 Å². The number of anilines is 1. The Balaban J connectivity index is 1.47. The first-order valence-electron chi connectivity index (χ1n) is 9.82. The first-order valence-corrected chi connectivity index (χ1v) is 9.82. The highest BCUT2D eigenvalue weighted by Crippen LogP contribution is 2.29. The normalized spacial score (nSPS) is 15.8. The maximum Gasteiger partial charge on any atom is 0.160 e. The molecule has 0 amide bonds. The lowest BCUT2D eigenvalue weighted by Crippen LogP contribution is -2.48. The number of nitrogens with one attached hydrogen (secondary N) is 2. The Morgan fingerprint density at radius 2 is 1.72 bits per heavy atom. The summed E-state index contributed by atoms with van der Waals surface area (Å²) in [6.45, 7) is 8.52. The SMILES string of the molecule is CC(C)N1CCN(c2ccc3nc(-c4n[nH]c5cc(F)c(F)cc45)[nH]c3c2)CC1. The van der Waals surface area contributed by atoms with Crippen molar-refractivity contribution in [1.82, 2.24) is 25.1 Å². The Bertz CT molecular complexity index is 1190. The van der Waals surface area contributed by atoms with Crippen LogP contribution >= 0.6 is 0 Å². The van der Waals surface area contributed by atoms with Crippen molar-refractivity contribution in [2.45, 2.75) is 19.9 Å². The van der Waals surface area contributed by atoms with Gasteiger partial charge in [-0.1, -0.05) is 0 Å². The van der Waals surface area contributed by atoms with Crippen LogP contribution < -0.4 is 4.90 Å². The molecule has 29 heavy (non-hydrogen) atoms. The molecule has 0 atom stereocenters. The fraction of sp³-hybridized carbons (Fsp3) is 0.333. The third-order valence-corrected chi connectivity index (χ3v) is 5.70. The van der Waals surface area contributed by atoms with E-state index in [0.29, 0.717) is 28.5 Å². The van der Waals surface area contributed by atoms with Gasteiger partial charge in [-0.3, -0.25) is 10.00 Å². The summed E-state index contributed by atoms with van der Waals surface area (Å²) in [7, 11) is 0. The van der Waals surface area contributed by atoms with Crippen molar-refractivity contribution in [1.29, 1.82) is 0 Å². The number of aromatic nitrogens is 4. The lowest BCUT2D eigenvalue weighted by molar-refractivity contribution is 0.209. The van der Waals surface area contributed by atoms with Gasteiger partial charge in [0.15, 0.2) is 17.5 Å². The van der Waals surface area contributed by atoms with E-state index in [1.807, 2.05) is 6.07 Å². The van der Waals surface area contributed by atoms with Crippen LogP contribution in [-0.2, 0) is 0 Å². The van der Waals surface area contributed by atoms with E-state index in [1.54, 1.807) is 0 Å². The van der Waals surface area contributed by atoms with Crippen molar-refractivity contribution in [2.75, 3.05) is 31.1 Å². The lowest BCUT2D eigenvalue weighted by Gasteiger charge is -2.38. The van der Waals surface area contributed by atoms with Crippen LogP contribution in [0.2, 0.25) is 0 Å². The van der Waals surface area contributed by atoms with E-state index in [9.17, 15) is 8.78 Å². The minimum atomic E-state index is -0.904. The number of piperazine rings is 1. The number of H-pyrrole nitrogens is 2. The highest BCUT2D eigenvalue weighted by atomic mass is 19.2. The summed E-state index contributed by atoms with van der Waals surface area (Å²) in [6, 6.07) is 8.97. The lowest BCUT2D eigenvalue weighted by atomic mass is 10.2. The van der Waals surface area contributed by atoms with Gasteiger partial charge in [-0.05, 0) is 38.1 Å². The van der Waals surface area contributed by atoms with Crippen molar-refractivity contribution in [3.8, 4) is 11.5 Å². The number of rotatable bonds is 3. The first kappa shape index (κ1) is 18.1. The van der Waals surface area contributed by atoms with E-state index in [4.69, 9.17) is 0 Å². The number of halogens is 2. The van der Waals surface area contributed by atoms with Crippen LogP contribution in [-0.4, -0.2) is 57.3 Å². The molecule has 0 unspecified atom stereocenters. The second kappa shape index (κ2) is 6.81. The first-order chi connectivity index (χ1) is 14.0. The van der Waals surface area contributed by atoms with Crippen LogP contribution in [0.5, 0.6) is 0 Å². The molecule has 8 heteroatoms. The Morgan fingerprint density at radius 3 is 2.48 bits per heavy atom. The van der Waals surface area contributed by atoms with Gasteiger partial charge in [-0.15, -0.1) is 0 Å². The fourth-order valence-electron chi connectivity index (χ4n) is 4.00. The van der Waals surface area contributed by atoms with Crippen molar-refractivity contribution in [3.63, 3.8) is 0 Å². The summed E-state index contributed by atoms with van der Waals surface area (Å²) >= 11 is 0. The predicted molar refractivity (Wildman–Crippen MR) is 110 cm³/mol. The number of hydrogen-bond donors (Lipinski definition) is 2. The summed E-state index contributed by atoms with van der Waals surface area (Å²) in [5.74, 6) is -1.28. The summed E-state index contributed by atoms with van der Waals surface area (Å²) in [5, 5.41) is 7.45. The van der Waals surface area contributed by atoms with Crippen molar-refractivity contribution in [3.05, 3.63) is 42.0 Å². The molecule has 2 aromatic heterocycles. The molecule has 6 nitrogen and oxygen atoms in total. The Kier molecular flexibility index (Phi) is 4.24. The average molecular weight is 396 g/mol. The zero-order valence-electron chi connectivity index (χ0n) is 16.3. The molecule has 1 saturated heterocycles. The molecule has 5 rings (SSSR count). The molecule has 0 radical (unpaired) electrons. The van der Waals surface area contributed by atoms with E-state index in [-0.39, 0.29) is 0 Å². The predicted octanol–water partition coefficient (Wildman–Crippen LogP) is 3.91. The van der Waals surface area contributed by atoms with E-state index in [2.05, 4.69) is 55.9 Å². The summed E-state index contributed by atoms with van der Waals surface area (Å²) in [6.07, 6.45) is 0. The minimum absolute atomic E-state index is 0.433. The quantitative estimate of drug-likeness (QED) is 0.551. The molecule has 4 aromatic rings. The van der Waals surface area contributed by atoms with Crippen molar-refractivity contribution < 1.29 is 8.78 Å². The third-order valence-electron chi connectivity index (χ3n) is 5.70. The average Bonchev–Trinajstić information content (AvgIpc) is 3.31. The van der Waals surface area contributed by atoms with Crippen LogP contribution in [0, 0.1) is 11.6 Å². The molecule has 150 valence electrons. The minimum Gasteiger partial charge on any atom is -0.369 e. The maximum atomic E-state index is 13.7. The molecular weight excluding hydrogens is 374 g/mol. The van der Waals surface area contributed by atoms with Gasteiger partial charge in [0.2, 0.25) is 0 Å². The molecule has 0 bridgehead atoms. The van der Waals surface area contributed by atoms with Crippen LogP contribution in [0.15, 0.2) is 30.3 Å². The van der Waals surface area contributed by atoms with E-state index < -0.39 is 11.6 Å². The van der Waals surface area contributed by atoms with Gasteiger partial charge in [0.1, 0.15) is 5.69 Å². The number of nitrogens with zero attached hydrogens (tertiary/aromatic N) is 4. The van der Waals surface area contributed by atoms with Crippen molar-refractivity contribution >= 4 is 27.6 Å². The van der Waals surface area contributed by atoms with Gasteiger partial charge in [-0.2, -0.15) is 5.10 Å². The van der Waals surface area contributed by atoms with Gasteiger partial charge in [0.25, 0.3) is 0 Å². The number of fused-ring (bicyclic) bond motifs is 2. The summed E-state index contributed by atoms with van der Waals surface area (Å²) < 4.78 is 27.2. The van der Waals surface area contributed by atoms with E-state index >= 15 is 0 Å². The zero-order chi connectivity index (χ0) is 20.1. The van der Waals surface area contributed by atoms with Crippen LogP contribution in [0.3, 0.4) is 0 Å². The maximum absolute atomic E-state index is 13.7. The van der Waals surface area contributed by atoms with Gasteiger partial charge in [0, 0.05) is 49.4 Å². The molecule has 3 heterocycles. The summed E-state index contributed by atoms with van der Waals surface area (Å²) in [5.41, 5.74) is 3.76. The van der Waals surface area contributed by atoms with E-state index in [0.717, 1.165) is 55.0 Å². The highest BCUT2D eigenvalue weighted by Gasteiger charge is 2.20. The van der Waals surface area contributed by atoms with Gasteiger partial charge in [-0.25, -0.2) is 13.8 Å². The second-order valence-corrected chi connectivity index (χ2v) is 7.79. The topological polar surface area (TPSA) is 63.8 Å². The molecule has 0 saturated carbocycles. The molecular formula is C21H22F2N6. The molecule has 0 spiro atoms. The van der Waals surface area contributed by atoms with Gasteiger partial charge in [0.05, 0.1) is 16.6 Å². The molecule has 2 N–H and O–H groups in total. The third kappa shape index (κ3) is 3.13. The monoisotopic (exact) mass is 396 g/mol. The number of aromatic amines is 2. The highest BCUT2D eigenvalue weighted by molar-refractivity contribution is 5.93. The second-order valence-electron chi connectivity index (χ2n) is 7.79. The number of imidazole rings is 1. The Hall–Kier alpha value is -3.00. The molecule has 0 aliphatic carbocycles. The molecule has 1 aliphatic heterocycles. The van der Waals surface area contributed by atoms with Crippen LogP contribution in [0.25, 0.3) is 33.5 Å². The Morgan fingerprint density at radius 1 is 0.966 bits per heavy atom. The van der Waals surface area contributed by atoms with Gasteiger partial charge >= 0.3 is 0 Å². The zero-order valence-corrected chi connectivity index (χ0v) is 16.3. The number of benzene rings is 2. The standard InChI is InChI=1S/C21H22F2N6/c1-12(2)28-5-7-29(8-6-28)13-3-4-17-19(9-13)25-21(24-17)20-14-10-15(22)16(23)11-18(14)26-27-20/h3-4,9-12H,5-8H2,1-2H3,(H,24,25)(H,26,27). The van der Waals surface area contributed by atoms with Crippen molar-refractivity contribution in [2.24, 2.45) is 0 Å². The number of hydrogen-bond acceptors (Lipinski definition) is 4.